The number of Topliss-reactive ketones (excluding diaryl/α,β-unsaturated/α-hetero) is 1. The van der Waals surface area contributed by atoms with Gasteiger partial charge in [-0.2, -0.15) is 0 Å². The predicted molar refractivity (Wildman–Crippen MR) is 67.5 cm³/mol. The van der Waals surface area contributed by atoms with Gasteiger partial charge in [0.05, 0.1) is 5.60 Å². The number of ketones is 1. The molecule has 2 saturated carbocycles. The lowest BCUT2D eigenvalue weighted by Gasteiger charge is -2.52. The van der Waals surface area contributed by atoms with Crippen molar-refractivity contribution in [1.82, 2.24) is 0 Å². The van der Waals surface area contributed by atoms with Crippen LogP contribution in [-0.2, 0) is 4.79 Å². The number of hydrogen-bond acceptors (Lipinski definition) is 3. The molecule has 0 bridgehead atoms. The Kier molecular flexibility index (Phi) is 3.60. The molecule has 0 amide bonds. The topological polar surface area (TPSA) is 63.3 Å². The van der Waals surface area contributed by atoms with Crippen molar-refractivity contribution in [1.29, 1.82) is 0 Å². The quantitative estimate of drug-likeness (QED) is 0.775. The van der Waals surface area contributed by atoms with Gasteiger partial charge in [-0.05, 0) is 31.6 Å². The average molecular weight is 239 g/mol. The van der Waals surface area contributed by atoms with Crippen molar-refractivity contribution in [3.05, 3.63) is 0 Å². The van der Waals surface area contributed by atoms with Crippen molar-refractivity contribution in [3.63, 3.8) is 0 Å². The first-order chi connectivity index (χ1) is 8.01. The summed E-state index contributed by atoms with van der Waals surface area (Å²) >= 11 is 0. The molecular weight excluding hydrogens is 214 g/mol. The third-order valence-electron chi connectivity index (χ3n) is 5.10. The second kappa shape index (κ2) is 4.69. The van der Waals surface area contributed by atoms with Crippen LogP contribution in [0.2, 0.25) is 0 Å². The van der Waals surface area contributed by atoms with E-state index in [1.165, 1.54) is 6.42 Å². The molecule has 0 radical (unpaired) electrons. The van der Waals surface area contributed by atoms with Crippen LogP contribution in [0, 0.1) is 11.3 Å². The molecule has 2 aliphatic carbocycles. The molecule has 2 unspecified atom stereocenters. The molecule has 0 heterocycles. The van der Waals surface area contributed by atoms with Crippen LogP contribution < -0.4 is 5.73 Å². The monoisotopic (exact) mass is 239 g/mol. The third-order valence-corrected chi connectivity index (χ3v) is 5.10. The van der Waals surface area contributed by atoms with Gasteiger partial charge in [-0.25, -0.2) is 0 Å². The Balaban J connectivity index is 2.18. The SMILES string of the molecule is CC1CCCC(CN)(C2(O)CCC(=O)CC2)C1. The number of hydrogen-bond donors (Lipinski definition) is 2. The Morgan fingerprint density at radius 2 is 2.00 bits per heavy atom. The summed E-state index contributed by atoms with van der Waals surface area (Å²) in [5, 5.41) is 10.9. The fourth-order valence-electron chi connectivity index (χ4n) is 3.93. The lowest BCUT2D eigenvalue weighted by molar-refractivity contribution is -0.146. The van der Waals surface area contributed by atoms with Crippen LogP contribution in [0.4, 0.5) is 0 Å². The summed E-state index contributed by atoms with van der Waals surface area (Å²) in [6.45, 7) is 2.81. The minimum Gasteiger partial charge on any atom is -0.389 e. The first-order valence-corrected chi connectivity index (χ1v) is 6.95. The standard InChI is InChI=1S/C14H25NO2/c1-11-3-2-6-13(9-11,10-15)14(17)7-4-12(16)5-8-14/h11,17H,2-10,15H2,1H3. The fourth-order valence-corrected chi connectivity index (χ4v) is 3.93. The molecule has 0 aromatic heterocycles. The van der Waals surface area contributed by atoms with E-state index in [1.807, 2.05) is 0 Å². The van der Waals surface area contributed by atoms with Crippen molar-refractivity contribution >= 4 is 5.78 Å². The van der Waals surface area contributed by atoms with Crippen LogP contribution in [0.25, 0.3) is 0 Å². The molecule has 3 N–H and O–H groups in total. The molecule has 0 spiro atoms. The number of carbonyl (C=O) groups is 1. The Morgan fingerprint density at radius 3 is 2.53 bits per heavy atom. The Hall–Kier alpha value is -0.410. The summed E-state index contributed by atoms with van der Waals surface area (Å²) in [6.07, 6.45) is 6.77. The van der Waals surface area contributed by atoms with Crippen LogP contribution in [-0.4, -0.2) is 23.0 Å². The molecule has 0 aromatic carbocycles. The first-order valence-electron chi connectivity index (χ1n) is 6.95. The van der Waals surface area contributed by atoms with Gasteiger partial charge in [0.1, 0.15) is 5.78 Å². The van der Waals surface area contributed by atoms with Gasteiger partial charge in [-0.15, -0.1) is 0 Å². The van der Waals surface area contributed by atoms with E-state index in [1.54, 1.807) is 0 Å². The van der Waals surface area contributed by atoms with E-state index in [4.69, 9.17) is 5.73 Å². The zero-order valence-corrected chi connectivity index (χ0v) is 10.9. The number of aliphatic hydroxyl groups is 1. The van der Waals surface area contributed by atoms with Gasteiger partial charge >= 0.3 is 0 Å². The van der Waals surface area contributed by atoms with Gasteiger partial charge in [-0.3, -0.25) is 4.79 Å². The first kappa shape index (κ1) is 13.0. The largest absolute Gasteiger partial charge is 0.389 e. The summed E-state index contributed by atoms with van der Waals surface area (Å²) in [4.78, 5) is 11.3. The molecule has 2 fully saturated rings. The highest BCUT2D eigenvalue weighted by molar-refractivity contribution is 5.79. The number of rotatable bonds is 2. The molecule has 2 rings (SSSR count). The molecule has 98 valence electrons. The maximum Gasteiger partial charge on any atom is 0.133 e. The van der Waals surface area contributed by atoms with Gasteiger partial charge in [-0.1, -0.05) is 19.8 Å². The summed E-state index contributed by atoms with van der Waals surface area (Å²) in [7, 11) is 0. The fraction of sp³-hybridized carbons (Fsp3) is 0.929. The van der Waals surface area contributed by atoms with E-state index in [0.717, 1.165) is 19.3 Å². The molecule has 2 aliphatic rings. The van der Waals surface area contributed by atoms with Crippen molar-refractivity contribution in [2.75, 3.05) is 6.54 Å². The number of carbonyl (C=O) groups excluding carboxylic acids is 1. The summed E-state index contributed by atoms with van der Waals surface area (Å²) in [6, 6.07) is 0. The highest BCUT2D eigenvalue weighted by Gasteiger charge is 2.51. The van der Waals surface area contributed by atoms with Crippen molar-refractivity contribution in [2.45, 2.75) is 63.9 Å². The zero-order valence-electron chi connectivity index (χ0n) is 10.9. The maximum atomic E-state index is 11.3. The molecular formula is C14H25NO2. The van der Waals surface area contributed by atoms with Crippen molar-refractivity contribution in [3.8, 4) is 0 Å². The highest BCUT2D eigenvalue weighted by atomic mass is 16.3. The van der Waals surface area contributed by atoms with Crippen LogP contribution >= 0.6 is 0 Å². The Morgan fingerprint density at radius 1 is 1.35 bits per heavy atom. The summed E-state index contributed by atoms with van der Waals surface area (Å²) in [5.41, 5.74) is 5.18. The smallest absolute Gasteiger partial charge is 0.133 e. The summed E-state index contributed by atoms with van der Waals surface area (Å²) in [5.74, 6) is 0.944. The maximum absolute atomic E-state index is 11.3. The van der Waals surface area contributed by atoms with E-state index in [9.17, 15) is 9.90 Å². The van der Waals surface area contributed by atoms with Gasteiger partial charge in [0, 0.05) is 24.8 Å². The molecule has 3 heteroatoms. The molecule has 17 heavy (non-hydrogen) atoms. The predicted octanol–water partition coefficient (Wildman–Crippen LogP) is 2.02. The lowest BCUT2D eigenvalue weighted by Crippen LogP contribution is -2.56. The highest BCUT2D eigenvalue weighted by Crippen LogP contribution is 2.51. The average Bonchev–Trinajstić information content (AvgIpc) is 2.33. The summed E-state index contributed by atoms with van der Waals surface area (Å²) < 4.78 is 0. The molecule has 3 nitrogen and oxygen atoms in total. The van der Waals surface area contributed by atoms with Gasteiger partial charge in [0.25, 0.3) is 0 Å². The molecule has 0 aliphatic heterocycles. The molecule has 0 aromatic rings. The van der Waals surface area contributed by atoms with E-state index >= 15 is 0 Å². The van der Waals surface area contributed by atoms with Gasteiger partial charge in [0.15, 0.2) is 0 Å². The molecule has 0 saturated heterocycles. The van der Waals surface area contributed by atoms with Crippen LogP contribution in [0.15, 0.2) is 0 Å². The van der Waals surface area contributed by atoms with Gasteiger partial charge in [0.2, 0.25) is 0 Å². The second-order valence-corrected chi connectivity index (χ2v) is 6.26. The van der Waals surface area contributed by atoms with Gasteiger partial charge < -0.3 is 10.8 Å². The van der Waals surface area contributed by atoms with Crippen molar-refractivity contribution in [2.24, 2.45) is 17.1 Å². The van der Waals surface area contributed by atoms with Crippen LogP contribution in [0.1, 0.15) is 58.3 Å². The third kappa shape index (κ3) is 2.27. The Labute approximate surface area is 104 Å². The second-order valence-electron chi connectivity index (χ2n) is 6.26. The van der Waals surface area contributed by atoms with E-state index in [0.29, 0.717) is 43.9 Å². The lowest BCUT2D eigenvalue weighted by atomic mass is 9.57. The van der Waals surface area contributed by atoms with E-state index < -0.39 is 5.60 Å². The van der Waals surface area contributed by atoms with Crippen LogP contribution in [0.3, 0.4) is 0 Å². The Bertz CT molecular complexity index is 293. The molecule has 2 atom stereocenters. The number of nitrogens with two attached hydrogens (primary N) is 1. The normalized spacial score (nSPS) is 38.1. The van der Waals surface area contributed by atoms with E-state index in [-0.39, 0.29) is 5.41 Å². The zero-order chi connectivity index (χ0) is 12.5. The van der Waals surface area contributed by atoms with E-state index in [2.05, 4.69) is 6.92 Å². The minimum absolute atomic E-state index is 0.134. The minimum atomic E-state index is -0.690. The van der Waals surface area contributed by atoms with Crippen LogP contribution in [0.5, 0.6) is 0 Å². The van der Waals surface area contributed by atoms with Crippen molar-refractivity contribution < 1.29 is 9.90 Å².